The molecule has 17 heavy (non-hydrogen) atoms. The monoisotopic (exact) mass is 232 g/mol. The molecule has 2 heteroatoms. The lowest BCUT2D eigenvalue weighted by atomic mass is 9.79. The van der Waals surface area contributed by atoms with Crippen molar-refractivity contribution >= 4 is 0 Å². The summed E-state index contributed by atoms with van der Waals surface area (Å²) in [5.74, 6) is 0. The number of hydrogen-bond acceptors (Lipinski definition) is 2. The molecular weight excluding hydrogens is 208 g/mol. The van der Waals surface area contributed by atoms with Crippen LogP contribution >= 0.6 is 0 Å². The molecule has 2 rings (SSSR count). The highest BCUT2D eigenvalue weighted by Gasteiger charge is 2.35. The number of hydrogen-bond donors (Lipinski definition) is 1. The van der Waals surface area contributed by atoms with Crippen molar-refractivity contribution in [3.63, 3.8) is 0 Å². The Hall–Kier alpha value is -0.860. The van der Waals surface area contributed by atoms with Gasteiger partial charge in [-0.3, -0.25) is 4.90 Å². The molecule has 1 heterocycles. The van der Waals surface area contributed by atoms with Gasteiger partial charge in [-0.15, -0.1) is 0 Å². The predicted molar refractivity (Wildman–Crippen MR) is 72.7 cm³/mol. The van der Waals surface area contributed by atoms with Crippen LogP contribution in [-0.2, 0) is 6.54 Å². The molecule has 1 aliphatic heterocycles. The van der Waals surface area contributed by atoms with Gasteiger partial charge in [-0.25, -0.2) is 0 Å². The van der Waals surface area contributed by atoms with Crippen LogP contribution in [0.3, 0.4) is 0 Å². The first-order valence-corrected chi connectivity index (χ1v) is 6.51. The molecule has 0 radical (unpaired) electrons. The van der Waals surface area contributed by atoms with Gasteiger partial charge in [0, 0.05) is 25.2 Å². The Labute approximate surface area is 105 Å². The molecule has 1 fully saturated rings. The predicted octanol–water partition coefficient (Wildman–Crippen LogP) is 2.63. The van der Waals surface area contributed by atoms with E-state index in [1.165, 1.54) is 5.56 Å². The number of benzene rings is 1. The van der Waals surface area contributed by atoms with E-state index in [1.54, 1.807) is 0 Å². The van der Waals surface area contributed by atoms with Gasteiger partial charge in [0.2, 0.25) is 0 Å². The van der Waals surface area contributed by atoms with Crippen LogP contribution in [0.5, 0.6) is 0 Å². The van der Waals surface area contributed by atoms with E-state index in [-0.39, 0.29) is 0 Å². The minimum absolute atomic E-state index is 0.294. The third kappa shape index (κ3) is 3.08. The van der Waals surface area contributed by atoms with Gasteiger partial charge in [0.05, 0.1) is 0 Å². The van der Waals surface area contributed by atoms with Crippen LogP contribution < -0.4 is 5.73 Å². The summed E-state index contributed by atoms with van der Waals surface area (Å²) >= 11 is 0. The molecule has 2 nitrogen and oxygen atoms in total. The largest absolute Gasteiger partial charge is 0.326 e. The standard InChI is InChI=1S/C15H24N2/c1-12-14(16)9-15(2,3)11-17(12)10-13-7-5-4-6-8-13/h4-8,12,14H,9-11,16H2,1-3H3/t12-,14-/m0/s1. The quantitative estimate of drug-likeness (QED) is 0.849. The fourth-order valence-electron chi connectivity index (χ4n) is 2.86. The fraction of sp³-hybridized carbons (Fsp3) is 0.600. The van der Waals surface area contributed by atoms with Gasteiger partial charge in [0.15, 0.2) is 0 Å². The zero-order valence-electron chi connectivity index (χ0n) is 11.2. The second-order valence-corrected chi connectivity index (χ2v) is 6.16. The molecule has 1 aliphatic rings. The third-order valence-corrected chi connectivity index (χ3v) is 3.84. The molecule has 0 aromatic heterocycles. The highest BCUT2D eigenvalue weighted by atomic mass is 15.2. The summed E-state index contributed by atoms with van der Waals surface area (Å²) in [5, 5.41) is 0. The van der Waals surface area contributed by atoms with Crippen molar-refractivity contribution in [1.82, 2.24) is 4.90 Å². The number of piperidine rings is 1. The summed E-state index contributed by atoms with van der Waals surface area (Å²) < 4.78 is 0. The van der Waals surface area contributed by atoms with Crippen LogP contribution in [-0.4, -0.2) is 23.5 Å². The average Bonchev–Trinajstić information content (AvgIpc) is 2.26. The molecule has 0 bridgehead atoms. The van der Waals surface area contributed by atoms with Crippen molar-refractivity contribution in [3.05, 3.63) is 35.9 Å². The SMILES string of the molecule is C[C@H]1[C@@H](N)CC(C)(C)CN1Cc1ccccc1. The van der Waals surface area contributed by atoms with E-state index in [1.807, 2.05) is 0 Å². The smallest absolute Gasteiger partial charge is 0.0237 e. The van der Waals surface area contributed by atoms with Gasteiger partial charge >= 0.3 is 0 Å². The van der Waals surface area contributed by atoms with E-state index in [2.05, 4.69) is 56.0 Å². The highest BCUT2D eigenvalue weighted by molar-refractivity contribution is 5.15. The van der Waals surface area contributed by atoms with E-state index in [0.717, 1.165) is 19.5 Å². The van der Waals surface area contributed by atoms with Gasteiger partial charge in [-0.2, -0.15) is 0 Å². The van der Waals surface area contributed by atoms with E-state index in [4.69, 9.17) is 5.73 Å². The molecule has 2 atom stereocenters. The number of likely N-dealkylation sites (tertiary alicyclic amines) is 1. The topological polar surface area (TPSA) is 29.3 Å². The van der Waals surface area contributed by atoms with Gasteiger partial charge in [0.1, 0.15) is 0 Å². The molecule has 94 valence electrons. The van der Waals surface area contributed by atoms with Gasteiger partial charge in [-0.1, -0.05) is 44.2 Å². The fourth-order valence-corrected chi connectivity index (χ4v) is 2.86. The minimum Gasteiger partial charge on any atom is -0.326 e. The number of nitrogens with zero attached hydrogens (tertiary/aromatic N) is 1. The first-order chi connectivity index (χ1) is 7.98. The molecule has 1 saturated heterocycles. The van der Waals surface area contributed by atoms with E-state index in [0.29, 0.717) is 17.5 Å². The van der Waals surface area contributed by atoms with E-state index in [9.17, 15) is 0 Å². The first kappa shape index (κ1) is 12.6. The van der Waals surface area contributed by atoms with Gasteiger partial charge < -0.3 is 5.73 Å². The van der Waals surface area contributed by atoms with Crippen LogP contribution in [0.2, 0.25) is 0 Å². The molecule has 0 aliphatic carbocycles. The Balaban J connectivity index is 2.09. The minimum atomic E-state index is 0.294. The Morgan fingerprint density at radius 2 is 1.94 bits per heavy atom. The summed E-state index contributed by atoms with van der Waals surface area (Å²) in [7, 11) is 0. The Morgan fingerprint density at radius 3 is 2.59 bits per heavy atom. The van der Waals surface area contributed by atoms with Crippen LogP contribution in [0.15, 0.2) is 30.3 Å². The summed E-state index contributed by atoms with van der Waals surface area (Å²) in [5.41, 5.74) is 7.97. The maximum Gasteiger partial charge on any atom is 0.0237 e. The molecular formula is C15H24N2. The first-order valence-electron chi connectivity index (χ1n) is 6.51. The molecule has 0 amide bonds. The highest BCUT2D eigenvalue weighted by Crippen LogP contribution is 2.32. The Kier molecular flexibility index (Phi) is 3.55. The second kappa shape index (κ2) is 4.79. The second-order valence-electron chi connectivity index (χ2n) is 6.16. The Bertz CT molecular complexity index is 358. The van der Waals surface area contributed by atoms with Crippen molar-refractivity contribution in [1.29, 1.82) is 0 Å². The van der Waals surface area contributed by atoms with E-state index < -0.39 is 0 Å². The molecule has 2 N–H and O–H groups in total. The van der Waals surface area contributed by atoms with Gasteiger partial charge in [-0.05, 0) is 24.3 Å². The summed E-state index contributed by atoms with van der Waals surface area (Å²) in [4.78, 5) is 2.52. The zero-order valence-corrected chi connectivity index (χ0v) is 11.2. The summed E-state index contributed by atoms with van der Waals surface area (Å²) in [6.45, 7) is 9.03. The lowest BCUT2D eigenvalue weighted by molar-refractivity contribution is 0.0491. The molecule has 0 saturated carbocycles. The van der Waals surface area contributed by atoms with E-state index >= 15 is 0 Å². The normalized spacial score (nSPS) is 29.2. The van der Waals surface area contributed by atoms with Crippen LogP contribution in [0.4, 0.5) is 0 Å². The average molecular weight is 232 g/mol. The van der Waals surface area contributed by atoms with Crippen molar-refractivity contribution in [2.75, 3.05) is 6.54 Å². The summed E-state index contributed by atoms with van der Waals surface area (Å²) in [6.07, 6.45) is 1.12. The lowest BCUT2D eigenvalue weighted by Gasteiger charge is -2.46. The molecule has 0 unspecified atom stereocenters. The molecule has 1 aromatic rings. The molecule has 1 aromatic carbocycles. The zero-order chi connectivity index (χ0) is 12.5. The Morgan fingerprint density at radius 1 is 1.29 bits per heavy atom. The third-order valence-electron chi connectivity index (χ3n) is 3.84. The lowest BCUT2D eigenvalue weighted by Crippen LogP contribution is -2.55. The van der Waals surface area contributed by atoms with Crippen molar-refractivity contribution in [3.8, 4) is 0 Å². The number of rotatable bonds is 2. The van der Waals surface area contributed by atoms with Crippen molar-refractivity contribution < 1.29 is 0 Å². The van der Waals surface area contributed by atoms with Gasteiger partial charge in [0.25, 0.3) is 0 Å². The van der Waals surface area contributed by atoms with Crippen LogP contribution in [0.1, 0.15) is 32.8 Å². The molecule has 0 spiro atoms. The van der Waals surface area contributed by atoms with Crippen LogP contribution in [0.25, 0.3) is 0 Å². The van der Waals surface area contributed by atoms with Crippen LogP contribution in [0, 0.1) is 5.41 Å². The maximum atomic E-state index is 6.26. The van der Waals surface area contributed by atoms with Crippen molar-refractivity contribution in [2.45, 2.75) is 45.8 Å². The van der Waals surface area contributed by atoms with Crippen molar-refractivity contribution in [2.24, 2.45) is 11.1 Å². The summed E-state index contributed by atoms with van der Waals surface area (Å²) in [6, 6.07) is 11.4. The maximum absolute atomic E-state index is 6.26. The number of nitrogens with two attached hydrogens (primary N) is 1.